The highest BCUT2D eigenvalue weighted by Gasteiger charge is 2.22. The summed E-state index contributed by atoms with van der Waals surface area (Å²) < 4.78 is 0. The SMILES string of the molecule is CC1CCN(Cc2ccnc(/C(N)=N/O)c2)CC1C. The van der Waals surface area contributed by atoms with E-state index in [0.717, 1.165) is 37.0 Å². The van der Waals surface area contributed by atoms with E-state index in [-0.39, 0.29) is 5.84 Å². The van der Waals surface area contributed by atoms with Gasteiger partial charge in [0.25, 0.3) is 0 Å². The Morgan fingerprint density at radius 2 is 2.32 bits per heavy atom. The minimum Gasteiger partial charge on any atom is -0.409 e. The first kappa shape index (κ1) is 13.8. The van der Waals surface area contributed by atoms with Crippen LogP contribution in [0, 0.1) is 11.8 Å². The number of hydrogen-bond acceptors (Lipinski definition) is 4. The molecule has 2 unspecified atom stereocenters. The molecule has 1 saturated heterocycles. The van der Waals surface area contributed by atoms with E-state index in [1.165, 1.54) is 6.42 Å². The number of aromatic nitrogens is 1. The zero-order chi connectivity index (χ0) is 13.8. The van der Waals surface area contributed by atoms with Gasteiger partial charge in [0.05, 0.1) is 0 Å². The Morgan fingerprint density at radius 3 is 3.00 bits per heavy atom. The van der Waals surface area contributed by atoms with Crippen molar-refractivity contribution < 1.29 is 5.21 Å². The second kappa shape index (κ2) is 6.02. The molecule has 19 heavy (non-hydrogen) atoms. The van der Waals surface area contributed by atoms with E-state index in [1.54, 1.807) is 6.20 Å². The van der Waals surface area contributed by atoms with Gasteiger partial charge in [-0.05, 0) is 42.5 Å². The first-order valence-corrected chi connectivity index (χ1v) is 6.75. The molecule has 2 heterocycles. The zero-order valence-electron chi connectivity index (χ0n) is 11.6. The minimum absolute atomic E-state index is 0.0579. The van der Waals surface area contributed by atoms with Crippen molar-refractivity contribution in [1.29, 1.82) is 0 Å². The molecule has 0 aromatic carbocycles. The van der Waals surface area contributed by atoms with Crippen LogP contribution in [0.1, 0.15) is 31.5 Å². The van der Waals surface area contributed by atoms with Crippen LogP contribution in [0.4, 0.5) is 0 Å². The van der Waals surface area contributed by atoms with Gasteiger partial charge in [0.1, 0.15) is 5.69 Å². The van der Waals surface area contributed by atoms with Crippen molar-refractivity contribution in [3.63, 3.8) is 0 Å². The molecule has 2 rings (SSSR count). The molecular formula is C14H22N4O. The normalized spacial score (nSPS) is 25.5. The highest BCUT2D eigenvalue weighted by Crippen LogP contribution is 2.23. The van der Waals surface area contributed by atoms with Crippen molar-refractivity contribution in [2.24, 2.45) is 22.7 Å². The highest BCUT2D eigenvalue weighted by atomic mass is 16.4. The third kappa shape index (κ3) is 3.44. The Kier molecular flexibility index (Phi) is 4.37. The van der Waals surface area contributed by atoms with Crippen molar-refractivity contribution in [1.82, 2.24) is 9.88 Å². The molecule has 104 valence electrons. The lowest BCUT2D eigenvalue weighted by Gasteiger charge is -2.35. The fraction of sp³-hybridized carbons (Fsp3) is 0.571. The van der Waals surface area contributed by atoms with E-state index in [0.29, 0.717) is 5.69 Å². The smallest absolute Gasteiger partial charge is 0.188 e. The monoisotopic (exact) mass is 262 g/mol. The quantitative estimate of drug-likeness (QED) is 0.376. The van der Waals surface area contributed by atoms with Gasteiger partial charge < -0.3 is 10.9 Å². The van der Waals surface area contributed by atoms with Crippen LogP contribution in [0.15, 0.2) is 23.5 Å². The molecule has 0 saturated carbocycles. The molecule has 3 N–H and O–H groups in total. The van der Waals surface area contributed by atoms with Gasteiger partial charge in [0.2, 0.25) is 0 Å². The Bertz CT molecular complexity index is 461. The summed E-state index contributed by atoms with van der Waals surface area (Å²) in [7, 11) is 0. The molecule has 0 bridgehead atoms. The minimum atomic E-state index is 0.0579. The number of nitrogens with zero attached hydrogens (tertiary/aromatic N) is 3. The number of nitrogens with two attached hydrogens (primary N) is 1. The van der Waals surface area contributed by atoms with Crippen LogP contribution in [-0.4, -0.2) is 34.0 Å². The summed E-state index contributed by atoms with van der Waals surface area (Å²) >= 11 is 0. The van der Waals surface area contributed by atoms with Crippen molar-refractivity contribution in [3.8, 4) is 0 Å². The lowest BCUT2D eigenvalue weighted by molar-refractivity contribution is 0.132. The largest absolute Gasteiger partial charge is 0.409 e. The third-order valence-corrected chi connectivity index (χ3v) is 4.02. The maximum Gasteiger partial charge on any atom is 0.188 e. The van der Waals surface area contributed by atoms with Gasteiger partial charge in [-0.15, -0.1) is 0 Å². The molecule has 1 aromatic rings. The van der Waals surface area contributed by atoms with E-state index >= 15 is 0 Å². The molecule has 2 atom stereocenters. The molecule has 1 aliphatic heterocycles. The topological polar surface area (TPSA) is 74.7 Å². The van der Waals surface area contributed by atoms with Crippen molar-refractivity contribution in [2.75, 3.05) is 13.1 Å². The highest BCUT2D eigenvalue weighted by molar-refractivity contribution is 5.95. The van der Waals surface area contributed by atoms with Crippen LogP contribution >= 0.6 is 0 Å². The van der Waals surface area contributed by atoms with Crippen molar-refractivity contribution in [3.05, 3.63) is 29.6 Å². The van der Waals surface area contributed by atoms with Gasteiger partial charge in [0, 0.05) is 19.3 Å². The number of amidine groups is 1. The van der Waals surface area contributed by atoms with Gasteiger partial charge in [-0.2, -0.15) is 0 Å². The number of likely N-dealkylation sites (tertiary alicyclic amines) is 1. The van der Waals surface area contributed by atoms with Gasteiger partial charge in [-0.3, -0.25) is 9.88 Å². The summed E-state index contributed by atoms with van der Waals surface area (Å²) in [4.78, 5) is 6.55. The number of pyridine rings is 1. The maximum absolute atomic E-state index is 8.68. The molecule has 1 fully saturated rings. The summed E-state index contributed by atoms with van der Waals surface area (Å²) in [6, 6.07) is 3.87. The van der Waals surface area contributed by atoms with Crippen LogP contribution in [0.2, 0.25) is 0 Å². The zero-order valence-corrected chi connectivity index (χ0v) is 11.6. The van der Waals surface area contributed by atoms with E-state index < -0.39 is 0 Å². The first-order chi connectivity index (χ1) is 9.10. The van der Waals surface area contributed by atoms with Gasteiger partial charge in [-0.1, -0.05) is 19.0 Å². The summed E-state index contributed by atoms with van der Waals surface area (Å²) in [5.74, 6) is 1.60. The van der Waals surface area contributed by atoms with E-state index in [2.05, 4.69) is 28.9 Å². The predicted molar refractivity (Wildman–Crippen MR) is 75.0 cm³/mol. The van der Waals surface area contributed by atoms with Gasteiger partial charge >= 0.3 is 0 Å². The first-order valence-electron chi connectivity index (χ1n) is 6.75. The van der Waals surface area contributed by atoms with E-state index in [9.17, 15) is 0 Å². The fourth-order valence-electron chi connectivity index (χ4n) is 2.51. The number of oxime groups is 1. The molecule has 0 amide bonds. The standard InChI is InChI=1S/C14H22N4O/c1-10-4-6-18(8-11(10)2)9-12-3-5-16-13(7-12)14(15)17-19/h3,5,7,10-11,19H,4,6,8-9H2,1-2H3,(H2,15,17). The molecule has 1 aromatic heterocycles. The van der Waals surface area contributed by atoms with E-state index in [4.69, 9.17) is 10.9 Å². The Labute approximate surface area is 114 Å². The Balaban J connectivity index is 2.03. The third-order valence-electron chi connectivity index (χ3n) is 4.02. The number of hydrogen-bond donors (Lipinski definition) is 2. The van der Waals surface area contributed by atoms with Crippen LogP contribution in [-0.2, 0) is 6.54 Å². The summed E-state index contributed by atoms with van der Waals surface area (Å²) in [6.45, 7) is 7.79. The average Bonchev–Trinajstić information content (AvgIpc) is 2.42. The molecule has 1 aliphatic rings. The molecule has 5 nitrogen and oxygen atoms in total. The second-order valence-corrected chi connectivity index (χ2v) is 5.51. The maximum atomic E-state index is 8.68. The van der Waals surface area contributed by atoms with Crippen molar-refractivity contribution >= 4 is 5.84 Å². The molecule has 0 spiro atoms. The van der Waals surface area contributed by atoms with Crippen LogP contribution in [0.5, 0.6) is 0 Å². The molecular weight excluding hydrogens is 240 g/mol. The Morgan fingerprint density at radius 1 is 1.53 bits per heavy atom. The Hall–Kier alpha value is -1.62. The lowest BCUT2D eigenvalue weighted by Crippen LogP contribution is -2.37. The van der Waals surface area contributed by atoms with Crippen LogP contribution in [0.25, 0.3) is 0 Å². The van der Waals surface area contributed by atoms with Gasteiger partial charge in [0.15, 0.2) is 5.84 Å². The summed E-state index contributed by atoms with van der Waals surface area (Å²) in [6.07, 6.45) is 2.96. The average molecular weight is 262 g/mol. The fourth-order valence-corrected chi connectivity index (χ4v) is 2.51. The number of rotatable bonds is 3. The summed E-state index contributed by atoms with van der Waals surface area (Å²) in [5.41, 5.74) is 7.24. The molecule has 5 heteroatoms. The number of piperidine rings is 1. The van der Waals surface area contributed by atoms with Crippen molar-refractivity contribution in [2.45, 2.75) is 26.8 Å². The predicted octanol–water partition coefficient (Wildman–Crippen LogP) is 1.65. The molecule has 0 radical (unpaired) electrons. The van der Waals surface area contributed by atoms with Crippen LogP contribution < -0.4 is 5.73 Å². The van der Waals surface area contributed by atoms with E-state index in [1.807, 2.05) is 12.1 Å². The summed E-state index contributed by atoms with van der Waals surface area (Å²) in [5, 5.41) is 11.7. The van der Waals surface area contributed by atoms with Gasteiger partial charge in [-0.25, -0.2) is 0 Å². The van der Waals surface area contributed by atoms with Crippen LogP contribution in [0.3, 0.4) is 0 Å². The molecule has 0 aliphatic carbocycles. The second-order valence-electron chi connectivity index (χ2n) is 5.51. The lowest BCUT2D eigenvalue weighted by atomic mass is 9.88.